The van der Waals surface area contributed by atoms with E-state index in [1.165, 1.54) is 0 Å². The highest BCUT2D eigenvalue weighted by atomic mass is 19.4. The Kier molecular flexibility index (Phi) is 4.34. The molecule has 2 rings (SSSR count). The largest absolute Gasteiger partial charge is 0.481 e. The maximum Gasteiger partial charge on any atom is 0.396 e. The quantitative estimate of drug-likeness (QED) is 0.745. The first-order valence-corrected chi connectivity index (χ1v) is 7.07. The van der Waals surface area contributed by atoms with Gasteiger partial charge in [0.25, 0.3) is 0 Å². The summed E-state index contributed by atoms with van der Waals surface area (Å²) < 4.78 is 38.1. The van der Waals surface area contributed by atoms with Gasteiger partial charge in [-0.1, -0.05) is 0 Å². The Labute approximate surface area is 120 Å². The number of halogens is 3. The first-order chi connectivity index (χ1) is 9.73. The van der Waals surface area contributed by atoms with Gasteiger partial charge in [0, 0.05) is 12.6 Å². The number of rotatable bonds is 4. The van der Waals surface area contributed by atoms with Crippen LogP contribution in [0.5, 0.6) is 0 Å². The molecule has 2 amide bonds. The average molecular weight is 308 g/mol. The second kappa shape index (κ2) is 5.73. The van der Waals surface area contributed by atoms with E-state index in [2.05, 4.69) is 10.6 Å². The maximum absolute atomic E-state index is 12.7. The van der Waals surface area contributed by atoms with Gasteiger partial charge in [-0.25, -0.2) is 4.79 Å². The number of carbonyl (C=O) groups excluding carboxylic acids is 1. The van der Waals surface area contributed by atoms with Crippen LogP contribution in [0.25, 0.3) is 0 Å². The lowest BCUT2D eigenvalue weighted by atomic mass is 9.86. The first kappa shape index (κ1) is 15.9. The average Bonchev–Trinajstić information content (AvgIpc) is 3.17. The van der Waals surface area contributed by atoms with E-state index in [4.69, 9.17) is 5.11 Å². The summed E-state index contributed by atoms with van der Waals surface area (Å²) in [6.07, 6.45) is -2.13. The van der Waals surface area contributed by atoms with Crippen molar-refractivity contribution in [3.63, 3.8) is 0 Å². The van der Waals surface area contributed by atoms with Gasteiger partial charge in [-0.3, -0.25) is 4.79 Å². The standard InChI is InChI=1S/C13H19F3N2O3/c14-13(15,16)12(5-6-12)7-17-11(21)18-9-3-1-8(2-4-9)10(19)20/h8-9H,1-7H2,(H,19,20)(H2,17,18,21). The minimum Gasteiger partial charge on any atom is -0.481 e. The molecule has 0 unspecified atom stereocenters. The number of carboxylic acids is 1. The number of hydrogen-bond acceptors (Lipinski definition) is 2. The number of carbonyl (C=O) groups is 2. The zero-order valence-corrected chi connectivity index (χ0v) is 11.5. The smallest absolute Gasteiger partial charge is 0.396 e. The number of hydrogen-bond donors (Lipinski definition) is 3. The van der Waals surface area contributed by atoms with Crippen LogP contribution in [-0.4, -0.2) is 35.9 Å². The van der Waals surface area contributed by atoms with Crippen molar-refractivity contribution >= 4 is 12.0 Å². The first-order valence-electron chi connectivity index (χ1n) is 7.07. The molecule has 2 aliphatic carbocycles. The van der Waals surface area contributed by atoms with Crippen molar-refractivity contribution in [1.29, 1.82) is 0 Å². The molecule has 21 heavy (non-hydrogen) atoms. The van der Waals surface area contributed by atoms with Crippen molar-refractivity contribution in [2.24, 2.45) is 11.3 Å². The van der Waals surface area contributed by atoms with E-state index in [1.807, 2.05) is 0 Å². The molecule has 0 saturated heterocycles. The van der Waals surface area contributed by atoms with Crippen LogP contribution in [0.15, 0.2) is 0 Å². The van der Waals surface area contributed by atoms with Crippen LogP contribution in [-0.2, 0) is 4.79 Å². The predicted octanol–water partition coefficient (Wildman–Crippen LogP) is 2.27. The lowest BCUT2D eigenvalue weighted by Crippen LogP contribution is -2.47. The van der Waals surface area contributed by atoms with Crippen LogP contribution in [0.1, 0.15) is 38.5 Å². The summed E-state index contributed by atoms with van der Waals surface area (Å²) in [6, 6.07) is -0.772. The number of carboxylic acid groups (broad SMARTS) is 1. The summed E-state index contributed by atoms with van der Waals surface area (Å²) in [4.78, 5) is 22.4. The molecule has 0 heterocycles. The van der Waals surface area contributed by atoms with Crippen molar-refractivity contribution in [1.82, 2.24) is 10.6 Å². The highest BCUT2D eigenvalue weighted by Crippen LogP contribution is 2.56. The monoisotopic (exact) mass is 308 g/mol. The summed E-state index contributed by atoms with van der Waals surface area (Å²) >= 11 is 0. The molecule has 0 atom stereocenters. The topological polar surface area (TPSA) is 78.4 Å². The summed E-state index contributed by atoms with van der Waals surface area (Å²) in [5, 5.41) is 13.8. The van der Waals surface area contributed by atoms with Crippen LogP contribution in [0.3, 0.4) is 0 Å². The number of alkyl halides is 3. The Morgan fingerprint density at radius 3 is 2.14 bits per heavy atom. The molecule has 2 fully saturated rings. The highest BCUT2D eigenvalue weighted by molar-refractivity contribution is 5.74. The third-order valence-corrected chi connectivity index (χ3v) is 4.45. The van der Waals surface area contributed by atoms with E-state index < -0.39 is 30.1 Å². The van der Waals surface area contributed by atoms with Gasteiger partial charge in [0.2, 0.25) is 0 Å². The fourth-order valence-electron chi connectivity index (χ4n) is 2.68. The molecule has 8 heteroatoms. The van der Waals surface area contributed by atoms with Crippen LogP contribution < -0.4 is 10.6 Å². The van der Waals surface area contributed by atoms with Crippen LogP contribution in [0, 0.1) is 11.3 Å². The minimum absolute atomic E-state index is 0.0561. The van der Waals surface area contributed by atoms with Gasteiger partial charge in [0.15, 0.2) is 0 Å². The van der Waals surface area contributed by atoms with Gasteiger partial charge in [-0.15, -0.1) is 0 Å². The highest BCUT2D eigenvalue weighted by Gasteiger charge is 2.63. The van der Waals surface area contributed by atoms with Gasteiger partial charge >= 0.3 is 18.2 Å². The number of urea groups is 1. The van der Waals surface area contributed by atoms with Crippen LogP contribution >= 0.6 is 0 Å². The molecule has 2 aliphatic rings. The molecule has 0 radical (unpaired) electrons. The Bertz CT molecular complexity index is 413. The number of aliphatic carboxylic acids is 1. The molecule has 3 N–H and O–H groups in total. The fourth-order valence-corrected chi connectivity index (χ4v) is 2.68. The Hall–Kier alpha value is -1.47. The minimum atomic E-state index is -4.28. The molecular weight excluding hydrogens is 289 g/mol. The zero-order valence-electron chi connectivity index (χ0n) is 11.5. The Balaban J connectivity index is 1.70. The zero-order chi connectivity index (χ0) is 15.7. The van der Waals surface area contributed by atoms with Gasteiger partial charge < -0.3 is 15.7 Å². The molecular formula is C13H19F3N2O3. The van der Waals surface area contributed by atoms with E-state index >= 15 is 0 Å². The molecule has 5 nitrogen and oxygen atoms in total. The summed E-state index contributed by atoms with van der Waals surface area (Å²) in [5.41, 5.74) is -1.74. The lowest BCUT2D eigenvalue weighted by Gasteiger charge is -2.27. The number of amides is 2. The van der Waals surface area contributed by atoms with Crippen LogP contribution in [0.2, 0.25) is 0 Å². The van der Waals surface area contributed by atoms with Crippen molar-refractivity contribution in [3.8, 4) is 0 Å². The lowest BCUT2D eigenvalue weighted by molar-refractivity contribution is -0.184. The second-order valence-corrected chi connectivity index (χ2v) is 5.99. The SMILES string of the molecule is O=C(NCC1(C(F)(F)F)CC1)NC1CCC(C(=O)O)CC1. The molecule has 0 aromatic rings. The van der Waals surface area contributed by atoms with Gasteiger partial charge in [-0.05, 0) is 38.5 Å². The summed E-state index contributed by atoms with van der Waals surface area (Å²) in [6.45, 7) is -0.396. The van der Waals surface area contributed by atoms with E-state index in [-0.39, 0.29) is 24.8 Å². The Morgan fingerprint density at radius 1 is 1.14 bits per heavy atom. The molecule has 0 bridgehead atoms. The predicted molar refractivity (Wildman–Crippen MR) is 67.6 cm³/mol. The molecule has 0 aliphatic heterocycles. The molecule has 2 saturated carbocycles. The van der Waals surface area contributed by atoms with E-state index in [0.717, 1.165) is 0 Å². The van der Waals surface area contributed by atoms with Gasteiger partial charge in [0.1, 0.15) is 0 Å². The van der Waals surface area contributed by atoms with E-state index in [9.17, 15) is 22.8 Å². The van der Waals surface area contributed by atoms with E-state index in [1.54, 1.807) is 0 Å². The van der Waals surface area contributed by atoms with Gasteiger partial charge in [-0.2, -0.15) is 13.2 Å². The third-order valence-electron chi connectivity index (χ3n) is 4.45. The molecule has 0 aromatic carbocycles. The normalized spacial score (nSPS) is 27.8. The van der Waals surface area contributed by atoms with Gasteiger partial charge in [0.05, 0.1) is 11.3 Å². The second-order valence-electron chi connectivity index (χ2n) is 5.99. The molecule has 120 valence electrons. The third kappa shape index (κ3) is 3.79. The molecule has 0 spiro atoms. The van der Waals surface area contributed by atoms with Crippen molar-refractivity contribution in [3.05, 3.63) is 0 Å². The van der Waals surface area contributed by atoms with Crippen LogP contribution in [0.4, 0.5) is 18.0 Å². The summed E-state index contributed by atoms with van der Waals surface area (Å²) in [5.74, 6) is -1.22. The fraction of sp³-hybridized carbons (Fsp3) is 0.846. The maximum atomic E-state index is 12.7. The van der Waals surface area contributed by atoms with E-state index in [0.29, 0.717) is 25.7 Å². The van der Waals surface area contributed by atoms with Crippen molar-refractivity contribution in [2.45, 2.75) is 50.7 Å². The summed E-state index contributed by atoms with van der Waals surface area (Å²) in [7, 11) is 0. The van der Waals surface area contributed by atoms with Crippen molar-refractivity contribution < 1.29 is 27.9 Å². The van der Waals surface area contributed by atoms with Crippen molar-refractivity contribution in [2.75, 3.05) is 6.54 Å². The Morgan fingerprint density at radius 2 is 1.71 bits per heavy atom. The number of nitrogens with one attached hydrogen (secondary N) is 2. The molecule has 0 aromatic heterocycles.